The molecule has 1 aliphatic heterocycles. The molecule has 8 nitrogen and oxygen atoms in total. The fourth-order valence-corrected chi connectivity index (χ4v) is 3.02. The molecule has 10 heteroatoms. The van der Waals surface area contributed by atoms with Crippen LogP contribution in [0.1, 0.15) is 26.2 Å². The van der Waals surface area contributed by atoms with E-state index in [1.807, 2.05) is 6.92 Å². The summed E-state index contributed by atoms with van der Waals surface area (Å²) >= 11 is 0. The Balaban J connectivity index is 0.00000529. The second-order valence-corrected chi connectivity index (χ2v) is 7.36. The van der Waals surface area contributed by atoms with Gasteiger partial charge in [-0.2, -0.15) is 0 Å². The van der Waals surface area contributed by atoms with E-state index in [-0.39, 0.29) is 35.9 Å². The van der Waals surface area contributed by atoms with Crippen molar-refractivity contribution < 1.29 is 17.9 Å². The van der Waals surface area contributed by atoms with Crippen molar-refractivity contribution in [3.05, 3.63) is 0 Å². The van der Waals surface area contributed by atoms with Gasteiger partial charge < -0.3 is 15.0 Å². The Morgan fingerprint density at radius 1 is 1.38 bits per heavy atom. The molecule has 142 valence electrons. The molecule has 0 aliphatic carbocycles. The highest BCUT2D eigenvalue weighted by Gasteiger charge is 2.28. The Kier molecular flexibility index (Phi) is 11.5. The molecular formula is C14H29IN4O4S. The van der Waals surface area contributed by atoms with Gasteiger partial charge in [-0.05, 0) is 26.2 Å². The summed E-state index contributed by atoms with van der Waals surface area (Å²) in [5, 5.41) is 3.21. The van der Waals surface area contributed by atoms with Crippen LogP contribution in [0, 0.1) is 5.92 Å². The topological polar surface area (TPSA) is 100 Å². The summed E-state index contributed by atoms with van der Waals surface area (Å²) in [6.45, 7) is 4.64. The largest absolute Gasteiger partial charge is 0.466 e. The van der Waals surface area contributed by atoms with Gasteiger partial charge in [-0.15, -0.1) is 24.0 Å². The van der Waals surface area contributed by atoms with Crippen LogP contribution in [0.3, 0.4) is 0 Å². The second-order valence-electron chi connectivity index (χ2n) is 5.53. The maximum atomic E-state index is 11.9. The first-order valence-electron chi connectivity index (χ1n) is 7.94. The molecule has 0 amide bonds. The SMILES string of the molecule is CCOC(=O)C1CCCN(C(=NC)NCCCNS(C)(=O)=O)C1.I. The highest BCUT2D eigenvalue weighted by molar-refractivity contribution is 14.0. The van der Waals surface area contributed by atoms with Crippen LogP contribution in [-0.2, 0) is 19.6 Å². The van der Waals surface area contributed by atoms with Crippen molar-refractivity contribution in [2.24, 2.45) is 10.9 Å². The van der Waals surface area contributed by atoms with E-state index in [1.165, 1.54) is 0 Å². The van der Waals surface area contributed by atoms with Crippen LogP contribution in [0.5, 0.6) is 0 Å². The van der Waals surface area contributed by atoms with Crippen LogP contribution in [-0.4, -0.2) is 71.3 Å². The van der Waals surface area contributed by atoms with E-state index in [2.05, 4.69) is 19.9 Å². The highest BCUT2D eigenvalue weighted by atomic mass is 127. The Bertz CT molecular complexity index is 513. The van der Waals surface area contributed by atoms with Gasteiger partial charge in [0.15, 0.2) is 5.96 Å². The zero-order valence-electron chi connectivity index (χ0n) is 14.6. The van der Waals surface area contributed by atoms with Gasteiger partial charge in [0.2, 0.25) is 10.0 Å². The zero-order valence-corrected chi connectivity index (χ0v) is 17.7. The third-order valence-electron chi connectivity index (χ3n) is 3.55. The van der Waals surface area contributed by atoms with Crippen molar-refractivity contribution in [3.8, 4) is 0 Å². The fraction of sp³-hybridized carbons (Fsp3) is 0.857. The van der Waals surface area contributed by atoms with Crippen molar-refractivity contribution in [1.29, 1.82) is 0 Å². The van der Waals surface area contributed by atoms with E-state index in [1.54, 1.807) is 7.05 Å². The number of sulfonamides is 1. The maximum absolute atomic E-state index is 11.9. The van der Waals surface area contributed by atoms with Gasteiger partial charge in [-0.1, -0.05) is 0 Å². The van der Waals surface area contributed by atoms with Crippen LogP contribution >= 0.6 is 24.0 Å². The molecule has 1 rings (SSSR count). The number of esters is 1. The van der Waals surface area contributed by atoms with E-state index in [0.29, 0.717) is 32.7 Å². The average molecular weight is 476 g/mol. The van der Waals surface area contributed by atoms with Gasteiger partial charge in [0, 0.05) is 33.2 Å². The smallest absolute Gasteiger partial charge is 0.310 e. The van der Waals surface area contributed by atoms with Gasteiger partial charge in [0.25, 0.3) is 0 Å². The molecule has 1 atom stereocenters. The normalized spacial score (nSPS) is 18.7. The van der Waals surface area contributed by atoms with Crippen molar-refractivity contribution in [2.45, 2.75) is 26.2 Å². The maximum Gasteiger partial charge on any atom is 0.310 e. The lowest BCUT2D eigenvalue weighted by molar-refractivity contribution is -0.149. The number of hydrogen-bond acceptors (Lipinski definition) is 5. The van der Waals surface area contributed by atoms with Crippen LogP contribution in [0.4, 0.5) is 0 Å². The predicted molar refractivity (Wildman–Crippen MR) is 105 cm³/mol. The van der Waals surface area contributed by atoms with Gasteiger partial charge in [0.1, 0.15) is 0 Å². The number of piperidine rings is 1. The van der Waals surface area contributed by atoms with Gasteiger partial charge in [-0.25, -0.2) is 13.1 Å². The molecule has 24 heavy (non-hydrogen) atoms. The molecule has 2 N–H and O–H groups in total. The number of nitrogens with zero attached hydrogens (tertiary/aromatic N) is 2. The average Bonchev–Trinajstić information content (AvgIpc) is 2.50. The number of guanidine groups is 1. The summed E-state index contributed by atoms with van der Waals surface area (Å²) in [6.07, 6.45) is 3.55. The van der Waals surface area contributed by atoms with E-state index in [0.717, 1.165) is 31.6 Å². The van der Waals surface area contributed by atoms with Crippen LogP contribution < -0.4 is 10.0 Å². The van der Waals surface area contributed by atoms with Crippen molar-refractivity contribution >= 4 is 45.9 Å². The lowest BCUT2D eigenvalue weighted by Crippen LogP contribution is -2.48. The predicted octanol–water partition coefficient (Wildman–Crippen LogP) is 0.394. The summed E-state index contributed by atoms with van der Waals surface area (Å²) in [6, 6.07) is 0. The van der Waals surface area contributed by atoms with E-state index >= 15 is 0 Å². The second kappa shape index (κ2) is 11.9. The van der Waals surface area contributed by atoms with Crippen LogP contribution in [0.2, 0.25) is 0 Å². The first kappa shape index (κ1) is 23.4. The van der Waals surface area contributed by atoms with Gasteiger partial charge in [0.05, 0.1) is 18.8 Å². The van der Waals surface area contributed by atoms with Crippen molar-refractivity contribution in [2.75, 3.05) is 46.1 Å². The number of ether oxygens (including phenoxy) is 1. The molecule has 1 saturated heterocycles. The van der Waals surface area contributed by atoms with Crippen LogP contribution in [0.15, 0.2) is 4.99 Å². The lowest BCUT2D eigenvalue weighted by atomic mass is 9.98. The summed E-state index contributed by atoms with van der Waals surface area (Å²) in [7, 11) is -1.44. The molecular weight excluding hydrogens is 447 g/mol. The quantitative estimate of drug-likeness (QED) is 0.181. The molecule has 0 radical (unpaired) electrons. The fourth-order valence-electron chi connectivity index (χ4n) is 2.50. The molecule has 1 fully saturated rings. The minimum absolute atomic E-state index is 0. The molecule has 1 aliphatic rings. The first-order valence-corrected chi connectivity index (χ1v) is 9.83. The van der Waals surface area contributed by atoms with Crippen molar-refractivity contribution in [1.82, 2.24) is 14.9 Å². The number of carbonyl (C=O) groups excluding carboxylic acids is 1. The van der Waals surface area contributed by atoms with Crippen LogP contribution in [0.25, 0.3) is 0 Å². The number of rotatable bonds is 7. The molecule has 0 bridgehead atoms. The molecule has 1 unspecified atom stereocenters. The molecule has 0 spiro atoms. The summed E-state index contributed by atoms with van der Waals surface area (Å²) in [5.41, 5.74) is 0. The summed E-state index contributed by atoms with van der Waals surface area (Å²) in [4.78, 5) is 18.2. The minimum atomic E-state index is -3.14. The first-order chi connectivity index (χ1) is 10.9. The highest BCUT2D eigenvalue weighted by Crippen LogP contribution is 2.17. The van der Waals surface area contributed by atoms with Gasteiger partial charge >= 0.3 is 5.97 Å². The number of carbonyl (C=O) groups is 1. The molecule has 0 saturated carbocycles. The minimum Gasteiger partial charge on any atom is -0.466 e. The standard InChI is InChI=1S/C14H28N4O4S.HI/c1-4-22-13(19)12-7-5-10-18(11-12)14(15-2)16-8-6-9-17-23(3,20)21;/h12,17H,4-11H2,1-3H3,(H,15,16);1H. The number of nitrogens with one attached hydrogen (secondary N) is 2. The number of halogens is 1. The number of likely N-dealkylation sites (tertiary alicyclic amines) is 1. The Morgan fingerprint density at radius 3 is 2.67 bits per heavy atom. The van der Waals surface area contributed by atoms with E-state index < -0.39 is 10.0 Å². The summed E-state index contributed by atoms with van der Waals surface area (Å²) in [5.74, 6) is 0.470. The monoisotopic (exact) mass is 476 g/mol. The Morgan fingerprint density at radius 2 is 2.08 bits per heavy atom. The molecule has 0 aromatic carbocycles. The van der Waals surface area contributed by atoms with E-state index in [9.17, 15) is 13.2 Å². The number of aliphatic imine (C=N–C) groups is 1. The lowest BCUT2D eigenvalue weighted by Gasteiger charge is -2.33. The third kappa shape index (κ3) is 9.02. The zero-order chi connectivity index (χ0) is 17.3. The Hall–Kier alpha value is -0.620. The molecule has 1 heterocycles. The Labute approximate surface area is 161 Å². The molecule has 0 aromatic heterocycles. The summed E-state index contributed by atoms with van der Waals surface area (Å²) < 4.78 is 29.5. The van der Waals surface area contributed by atoms with Crippen molar-refractivity contribution in [3.63, 3.8) is 0 Å². The van der Waals surface area contributed by atoms with Gasteiger partial charge in [-0.3, -0.25) is 9.79 Å². The molecule has 0 aromatic rings. The van der Waals surface area contributed by atoms with E-state index in [4.69, 9.17) is 4.74 Å². The number of hydrogen-bond donors (Lipinski definition) is 2. The third-order valence-corrected chi connectivity index (χ3v) is 4.28.